The van der Waals surface area contributed by atoms with Crippen LogP contribution in [-0.2, 0) is 0 Å². The molecule has 5 aromatic carbocycles. The van der Waals surface area contributed by atoms with Crippen LogP contribution in [0, 0.1) is 0 Å². The number of thiophene rings is 2. The van der Waals surface area contributed by atoms with Gasteiger partial charge in [-0.25, -0.2) is 0 Å². The molecule has 32 heavy (non-hydrogen) atoms. The predicted octanol–water partition coefficient (Wildman–Crippen LogP) is 9.76. The molecule has 0 spiro atoms. The van der Waals surface area contributed by atoms with Gasteiger partial charge in [-0.2, -0.15) is 0 Å². The summed E-state index contributed by atoms with van der Waals surface area (Å²) in [7, 11) is 0. The molecular formula is C30H18S2. The lowest BCUT2D eigenvalue weighted by Gasteiger charge is -2.02. The summed E-state index contributed by atoms with van der Waals surface area (Å²) in [6.07, 6.45) is 0. The highest BCUT2D eigenvalue weighted by Crippen LogP contribution is 2.43. The average molecular weight is 443 g/mol. The van der Waals surface area contributed by atoms with Crippen molar-refractivity contribution < 1.29 is 0 Å². The number of fused-ring (bicyclic) bond motifs is 6. The molecule has 0 atom stereocenters. The molecule has 150 valence electrons. The van der Waals surface area contributed by atoms with E-state index in [0.29, 0.717) is 0 Å². The molecule has 0 amide bonds. The first kappa shape index (κ1) is 18.1. The lowest BCUT2D eigenvalue weighted by atomic mass is 10.0. The van der Waals surface area contributed by atoms with Crippen LogP contribution < -0.4 is 0 Å². The molecule has 7 rings (SSSR count). The molecule has 0 unspecified atom stereocenters. The van der Waals surface area contributed by atoms with Crippen LogP contribution in [0.5, 0.6) is 0 Å². The van der Waals surface area contributed by atoms with Gasteiger partial charge in [-0.05, 0) is 46.5 Å². The lowest BCUT2D eigenvalue weighted by Crippen LogP contribution is -1.76. The second kappa shape index (κ2) is 7.03. The zero-order chi connectivity index (χ0) is 21.1. The highest BCUT2D eigenvalue weighted by Gasteiger charge is 2.12. The molecule has 0 N–H and O–H groups in total. The topological polar surface area (TPSA) is 0 Å². The minimum absolute atomic E-state index is 1.27. The van der Waals surface area contributed by atoms with Crippen LogP contribution in [-0.4, -0.2) is 0 Å². The third-order valence-corrected chi connectivity index (χ3v) is 8.51. The fourth-order valence-corrected chi connectivity index (χ4v) is 7.07. The molecule has 0 saturated heterocycles. The van der Waals surface area contributed by atoms with Gasteiger partial charge in [0.05, 0.1) is 0 Å². The Balaban J connectivity index is 1.42. The van der Waals surface area contributed by atoms with E-state index in [2.05, 4.69) is 109 Å². The van der Waals surface area contributed by atoms with Crippen molar-refractivity contribution in [1.29, 1.82) is 0 Å². The second-order valence-electron chi connectivity index (χ2n) is 8.20. The molecule has 0 fully saturated rings. The zero-order valence-corrected chi connectivity index (χ0v) is 18.8. The molecule has 0 radical (unpaired) electrons. The highest BCUT2D eigenvalue weighted by molar-refractivity contribution is 7.28. The summed E-state index contributed by atoms with van der Waals surface area (Å²) in [5.41, 5.74) is 5.11. The van der Waals surface area contributed by atoms with Crippen molar-refractivity contribution in [3.05, 3.63) is 109 Å². The standard InChI is InChI=1S/C30H18S2/c1-3-7-19(8-4-1)21-11-13-23-25-17-26-24-14-12-22(20-9-5-2-6-10-20)16-28(24)32-30(26)18-29(25)31-27(23)15-21/h1-18H. The molecule has 0 nitrogen and oxygen atoms in total. The zero-order valence-electron chi connectivity index (χ0n) is 17.2. The van der Waals surface area contributed by atoms with E-state index < -0.39 is 0 Å². The van der Waals surface area contributed by atoms with Crippen molar-refractivity contribution in [2.24, 2.45) is 0 Å². The Morgan fingerprint density at radius 3 is 1.22 bits per heavy atom. The molecule has 2 heterocycles. The van der Waals surface area contributed by atoms with Gasteiger partial charge in [0.15, 0.2) is 0 Å². The smallest absolute Gasteiger partial charge is 0.0369 e. The molecule has 2 aromatic heterocycles. The van der Waals surface area contributed by atoms with E-state index >= 15 is 0 Å². The van der Waals surface area contributed by atoms with Crippen molar-refractivity contribution in [2.75, 3.05) is 0 Å². The summed E-state index contributed by atoms with van der Waals surface area (Å²) in [4.78, 5) is 0. The van der Waals surface area contributed by atoms with Crippen LogP contribution >= 0.6 is 22.7 Å². The van der Waals surface area contributed by atoms with Crippen molar-refractivity contribution in [2.45, 2.75) is 0 Å². The van der Waals surface area contributed by atoms with Crippen molar-refractivity contribution in [1.82, 2.24) is 0 Å². The summed E-state index contributed by atoms with van der Waals surface area (Å²) in [6.45, 7) is 0. The Morgan fingerprint density at radius 1 is 0.312 bits per heavy atom. The van der Waals surface area contributed by atoms with E-state index in [-0.39, 0.29) is 0 Å². The Bertz CT molecular complexity index is 1620. The summed E-state index contributed by atoms with van der Waals surface area (Å²) in [5.74, 6) is 0. The molecule has 0 aliphatic heterocycles. The first-order chi connectivity index (χ1) is 15.8. The fraction of sp³-hybridized carbons (Fsp3) is 0. The van der Waals surface area contributed by atoms with Crippen LogP contribution in [0.2, 0.25) is 0 Å². The summed E-state index contributed by atoms with van der Waals surface area (Å²) < 4.78 is 5.45. The maximum Gasteiger partial charge on any atom is 0.0369 e. The summed E-state index contributed by atoms with van der Waals surface area (Å²) in [6, 6.07) is 39.9. The van der Waals surface area contributed by atoms with Crippen LogP contribution in [0.25, 0.3) is 62.6 Å². The van der Waals surface area contributed by atoms with Gasteiger partial charge in [0.25, 0.3) is 0 Å². The minimum atomic E-state index is 1.27. The molecular weight excluding hydrogens is 424 g/mol. The first-order valence-corrected chi connectivity index (χ1v) is 12.4. The van der Waals surface area contributed by atoms with Gasteiger partial charge < -0.3 is 0 Å². The molecule has 2 heteroatoms. The van der Waals surface area contributed by atoms with Gasteiger partial charge in [-0.15, -0.1) is 22.7 Å². The monoisotopic (exact) mass is 442 g/mol. The Kier molecular flexibility index (Phi) is 3.98. The van der Waals surface area contributed by atoms with Gasteiger partial charge in [0.1, 0.15) is 0 Å². The minimum Gasteiger partial charge on any atom is -0.135 e. The van der Waals surface area contributed by atoms with E-state index in [9.17, 15) is 0 Å². The van der Waals surface area contributed by atoms with Crippen LogP contribution in [0.3, 0.4) is 0 Å². The average Bonchev–Trinajstić information content (AvgIpc) is 3.39. The van der Waals surface area contributed by atoms with E-state index in [1.54, 1.807) is 0 Å². The third-order valence-electron chi connectivity index (χ3n) is 6.28. The van der Waals surface area contributed by atoms with E-state index in [0.717, 1.165) is 0 Å². The van der Waals surface area contributed by atoms with Crippen molar-refractivity contribution >= 4 is 63.0 Å². The second-order valence-corrected chi connectivity index (χ2v) is 10.4. The Labute approximate surface area is 194 Å². The van der Waals surface area contributed by atoms with Gasteiger partial charge in [-0.1, -0.05) is 84.9 Å². The SMILES string of the molecule is c1ccc(-c2ccc3c(c2)sc2cc4sc5cc(-c6ccccc6)ccc5c4cc23)cc1. The molecule has 0 saturated carbocycles. The van der Waals surface area contributed by atoms with Crippen LogP contribution in [0.1, 0.15) is 0 Å². The lowest BCUT2D eigenvalue weighted by molar-refractivity contribution is 1.66. The number of benzene rings is 5. The van der Waals surface area contributed by atoms with E-state index in [4.69, 9.17) is 0 Å². The van der Waals surface area contributed by atoms with Crippen molar-refractivity contribution in [3.63, 3.8) is 0 Å². The number of rotatable bonds is 2. The fourth-order valence-electron chi connectivity index (χ4n) is 4.67. The van der Waals surface area contributed by atoms with Gasteiger partial charge in [0, 0.05) is 40.3 Å². The van der Waals surface area contributed by atoms with E-state index in [1.807, 2.05) is 22.7 Å². The molecule has 0 bridgehead atoms. The van der Waals surface area contributed by atoms with Gasteiger partial charge in [-0.3, -0.25) is 0 Å². The predicted molar refractivity (Wildman–Crippen MR) is 143 cm³/mol. The summed E-state index contributed by atoms with van der Waals surface area (Å²) in [5, 5.41) is 5.44. The number of hydrogen-bond acceptors (Lipinski definition) is 2. The van der Waals surface area contributed by atoms with E-state index in [1.165, 1.54) is 62.6 Å². The van der Waals surface area contributed by atoms with Gasteiger partial charge >= 0.3 is 0 Å². The highest BCUT2D eigenvalue weighted by atomic mass is 32.1. The Hall–Kier alpha value is -3.46. The van der Waals surface area contributed by atoms with Gasteiger partial charge in [0.2, 0.25) is 0 Å². The normalized spacial score (nSPS) is 11.8. The largest absolute Gasteiger partial charge is 0.135 e. The molecule has 0 aliphatic carbocycles. The van der Waals surface area contributed by atoms with Crippen molar-refractivity contribution in [3.8, 4) is 22.3 Å². The number of hydrogen-bond donors (Lipinski definition) is 0. The maximum absolute atomic E-state index is 2.41. The molecule has 7 aromatic rings. The quantitative estimate of drug-likeness (QED) is 0.250. The third kappa shape index (κ3) is 2.81. The summed E-state index contributed by atoms with van der Waals surface area (Å²) >= 11 is 3.80. The van der Waals surface area contributed by atoms with Crippen LogP contribution in [0.15, 0.2) is 109 Å². The first-order valence-electron chi connectivity index (χ1n) is 10.8. The maximum atomic E-state index is 2.41. The van der Waals surface area contributed by atoms with Crippen LogP contribution in [0.4, 0.5) is 0 Å². The molecule has 0 aliphatic rings. The Morgan fingerprint density at radius 2 is 0.750 bits per heavy atom.